The molecular formula is C17H26N2O4. The van der Waals surface area contributed by atoms with Crippen LogP contribution in [-0.2, 0) is 11.2 Å². The highest BCUT2D eigenvalue weighted by atomic mass is 16.5. The minimum atomic E-state index is -1.12. The Morgan fingerprint density at radius 2 is 1.96 bits per heavy atom. The highest BCUT2D eigenvalue weighted by molar-refractivity contribution is 5.65. The summed E-state index contributed by atoms with van der Waals surface area (Å²) in [5.74, 6) is 0.566. The maximum absolute atomic E-state index is 11.0. The molecule has 2 atom stereocenters. The molecule has 0 unspecified atom stereocenters. The lowest BCUT2D eigenvalue weighted by atomic mass is 9.99. The van der Waals surface area contributed by atoms with Gasteiger partial charge in [0.05, 0.1) is 12.1 Å². The Morgan fingerprint density at radius 3 is 2.61 bits per heavy atom. The van der Waals surface area contributed by atoms with E-state index in [1.165, 1.54) is 0 Å². The maximum atomic E-state index is 11.0. The van der Waals surface area contributed by atoms with Crippen LogP contribution < -0.4 is 10.6 Å². The number of rotatable bonds is 8. The number of benzene rings is 1. The second-order valence-corrected chi connectivity index (χ2v) is 6.03. The number of ether oxygens (including phenoxy) is 1. The molecule has 1 amide bonds. The predicted octanol–water partition coefficient (Wildman–Crippen LogP) is 1.24. The standard InChI is InChI=1S/C17H26N2O4/c20-16(12-18-11-14-6-8-23-9-7-14)15(19-17(21)22)10-13-4-2-1-3-5-13/h1-5,14-16,18-20H,6-12H2,(H,21,22)/t15-,16-/m0/s1. The first-order valence-electron chi connectivity index (χ1n) is 8.15. The van der Waals surface area contributed by atoms with Crippen LogP contribution in [0.15, 0.2) is 30.3 Å². The van der Waals surface area contributed by atoms with Gasteiger partial charge in [-0.3, -0.25) is 0 Å². The number of nitrogens with one attached hydrogen (secondary N) is 2. The minimum absolute atomic E-state index is 0.370. The largest absolute Gasteiger partial charge is 0.465 e. The molecule has 0 saturated carbocycles. The van der Waals surface area contributed by atoms with E-state index in [1.54, 1.807) is 0 Å². The van der Waals surface area contributed by atoms with Crippen LogP contribution in [0.2, 0.25) is 0 Å². The Hall–Kier alpha value is -1.63. The van der Waals surface area contributed by atoms with Crippen molar-refractivity contribution in [3.05, 3.63) is 35.9 Å². The van der Waals surface area contributed by atoms with Gasteiger partial charge in [0.2, 0.25) is 0 Å². The van der Waals surface area contributed by atoms with Crippen molar-refractivity contribution in [2.75, 3.05) is 26.3 Å². The normalized spacial score (nSPS) is 18.3. The number of aliphatic hydroxyl groups is 1. The number of amides is 1. The molecule has 1 aromatic rings. The van der Waals surface area contributed by atoms with Gasteiger partial charge in [-0.1, -0.05) is 30.3 Å². The second kappa shape index (κ2) is 9.50. The van der Waals surface area contributed by atoms with E-state index in [4.69, 9.17) is 9.84 Å². The zero-order valence-corrected chi connectivity index (χ0v) is 13.3. The van der Waals surface area contributed by atoms with Crippen LogP contribution in [0, 0.1) is 5.92 Å². The van der Waals surface area contributed by atoms with Crippen LogP contribution in [0.3, 0.4) is 0 Å². The van der Waals surface area contributed by atoms with Gasteiger partial charge in [0.15, 0.2) is 0 Å². The summed E-state index contributed by atoms with van der Waals surface area (Å²) in [6, 6.07) is 9.05. The molecule has 1 aliphatic heterocycles. The number of carboxylic acid groups (broad SMARTS) is 1. The second-order valence-electron chi connectivity index (χ2n) is 6.03. The molecule has 0 spiro atoms. The van der Waals surface area contributed by atoms with Crippen molar-refractivity contribution >= 4 is 6.09 Å². The molecule has 128 valence electrons. The zero-order chi connectivity index (χ0) is 16.5. The fraction of sp³-hybridized carbons (Fsp3) is 0.588. The van der Waals surface area contributed by atoms with Gasteiger partial charge in [-0.2, -0.15) is 0 Å². The van der Waals surface area contributed by atoms with Crippen molar-refractivity contribution in [2.45, 2.75) is 31.4 Å². The minimum Gasteiger partial charge on any atom is -0.465 e. The van der Waals surface area contributed by atoms with Gasteiger partial charge >= 0.3 is 6.09 Å². The number of carbonyl (C=O) groups is 1. The molecule has 0 aliphatic carbocycles. The third kappa shape index (κ3) is 6.56. The fourth-order valence-corrected chi connectivity index (χ4v) is 2.84. The number of hydrogen-bond acceptors (Lipinski definition) is 4. The lowest BCUT2D eigenvalue weighted by Crippen LogP contribution is -2.48. The van der Waals surface area contributed by atoms with E-state index in [2.05, 4.69) is 10.6 Å². The van der Waals surface area contributed by atoms with Crippen LogP contribution in [0.1, 0.15) is 18.4 Å². The molecule has 0 radical (unpaired) electrons. The summed E-state index contributed by atoms with van der Waals surface area (Å²) in [6.45, 7) is 2.79. The van der Waals surface area contributed by atoms with Crippen molar-refractivity contribution in [2.24, 2.45) is 5.92 Å². The van der Waals surface area contributed by atoms with E-state index in [-0.39, 0.29) is 0 Å². The van der Waals surface area contributed by atoms with Crippen molar-refractivity contribution in [3.8, 4) is 0 Å². The molecule has 1 aliphatic rings. The van der Waals surface area contributed by atoms with Crippen LogP contribution in [-0.4, -0.2) is 54.8 Å². The SMILES string of the molecule is O=C(O)N[C@@H](Cc1ccccc1)[C@@H](O)CNCC1CCOCC1. The number of hydrogen-bond donors (Lipinski definition) is 4. The van der Waals surface area contributed by atoms with Crippen molar-refractivity contribution in [3.63, 3.8) is 0 Å². The Balaban J connectivity index is 1.80. The van der Waals surface area contributed by atoms with Crippen molar-refractivity contribution < 1.29 is 19.7 Å². The molecule has 6 nitrogen and oxygen atoms in total. The van der Waals surface area contributed by atoms with Crippen LogP contribution in [0.25, 0.3) is 0 Å². The monoisotopic (exact) mass is 322 g/mol. The average molecular weight is 322 g/mol. The summed E-state index contributed by atoms with van der Waals surface area (Å²) in [6.07, 6.45) is 0.640. The van der Waals surface area contributed by atoms with Gasteiger partial charge < -0.3 is 25.6 Å². The summed E-state index contributed by atoms with van der Waals surface area (Å²) < 4.78 is 5.32. The summed E-state index contributed by atoms with van der Waals surface area (Å²) in [7, 11) is 0. The molecule has 0 bridgehead atoms. The van der Waals surface area contributed by atoms with Crippen LogP contribution in [0.5, 0.6) is 0 Å². The zero-order valence-electron chi connectivity index (χ0n) is 13.3. The molecule has 2 rings (SSSR count). The quantitative estimate of drug-likeness (QED) is 0.578. The summed E-state index contributed by atoms with van der Waals surface area (Å²) in [5, 5.41) is 25.0. The topological polar surface area (TPSA) is 90.8 Å². The van der Waals surface area contributed by atoms with Crippen LogP contribution in [0.4, 0.5) is 4.79 Å². The summed E-state index contributed by atoms with van der Waals surface area (Å²) in [4.78, 5) is 11.0. The first kappa shape index (κ1) is 17.7. The fourth-order valence-electron chi connectivity index (χ4n) is 2.84. The van der Waals surface area contributed by atoms with E-state index in [0.717, 1.165) is 38.2 Å². The van der Waals surface area contributed by atoms with E-state index in [1.807, 2.05) is 30.3 Å². The summed E-state index contributed by atoms with van der Waals surface area (Å²) >= 11 is 0. The maximum Gasteiger partial charge on any atom is 0.404 e. The molecule has 4 N–H and O–H groups in total. The Bertz CT molecular complexity index is 463. The van der Waals surface area contributed by atoms with Crippen molar-refractivity contribution in [1.82, 2.24) is 10.6 Å². The highest BCUT2D eigenvalue weighted by Crippen LogP contribution is 2.13. The van der Waals surface area contributed by atoms with Crippen molar-refractivity contribution in [1.29, 1.82) is 0 Å². The molecule has 0 aromatic heterocycles. The smallest absolute Gasteiger partial charge is 0.404 e. The van der Waals surface area contributed by atoms with E-state index in [0.29, 0.717) is 18.9 Å². The van der Waals surface area contributed by atoms with E-state index < -0.39 is 18.2 Å². The Kier molecular flexibility index (Phi) is 7.32. The van der Waals surface area contributed by atoms with Gasteiger partial charge in [-0.15, -0.1) is 0 Å². The third-order valence-electron chi connectivity index (χ3n) is 4.20. The van der Waals surface area contributed by atoms with E-state index >= 15 is 0 Å². The molecule has 1 fully saturated rings. The highest BCUT2D eigenvalue weighted by Gasteiger charge is 2.22. The first-order valence-corrected chi connectivity index (χ1v) is 8.15. The molecule has 6 heteroatoms. The molecule has 1 saturated heterocycles. The van der Waals surface area contributed by atoms with E-state index in [9.17, 15) is 9.90 Å². The lowest BCUT2D eigenvalue weighted by molar-refractivity contribution is 0.0637. The third-order valence-corrected chi connectivity index (χ3v) is 4.20. The molecule has 1 aromatic carbocycles. The van der Waals surface area contributed by atoms with Gasteiger partial charge in [0.1, 0.15) is 0 Å². The summed E-state index contributed by atoms with van der Waals surface area (Å²) in [5.41, 5.74) is 0.995. The van der Waals surface area contributed by atoms with Gasteiger partial charge in [0, 0.05) is 19.8 Å². The van der Waals surface area contributed by atoms with Gasteiger partial charge in [-0.05, 0) is 37.3 Å². The first-order chi connectivity index (χ1) is 11.1. The average Bonchev–Trinajstić information content (AvgIpc) is 2.56. The van der Waals surface area contributed by atoms with Crippen LogP contribution >= 0.6 is 0 Å². The molecular weight excluding hydrogens is 296 g/mol. The Labute approximate surface area is 136 Å². The predicted molar refractivity (Wildman–Crippen MR) is 87.5 cm³/mol. The lowest BCUT2D eigenvalue weighted by Gasteiger charge is -2.26. The molecule has 23 heavy (non-hydrogen) atoms. The Morgan fingerprint density at radius 1 is 1.26 bits per heavy atom. The molecule has 1 heterocycles. The van der Waals surface area contributed by atoms with Gasteiger partial charge in [0.25, 0.3) is 0 Å². The number of aliphatic hydroxyl groups excluding tert-OH is 1. The van der Waals surface area contributed by atoms with Gasteiger partial charge in [-0.25, -0.2) is 4.79 Å².